The molecule has 1 aromatic rings. The summed E-state index contributed by atoms with van der Waals surface area (Å²) in [5.74, 6) is -0.109. The smallest absolute Gasteiger partial charge is 0.241 e. The topological polar surface area (TPSA) is 55.1 Å². The molecule has 3 nitrogen and oxygen atoms in total. The van der Waals surface area contributed by atoms with Crippen molar-refractivity contribution >= 4 is 5.91 Å². The predicted molar refractivity (Wildman–Crippen MR) is 70.5 cm³/mol. The van der Waals surface area contributed by atoms with Gasteiger partial charge in [-0.1, -0.05) is 44.2 Å². The number of carbonyl (C=O) groups excluding carboxylic acids is 1. The van der Waals surface area contributed by atoms with E-state index in [9.17, 15) is 4.79 Å². The summed E-state index contributed by atoms with van der Waals surface area (Å²) in [6.07, 6.45) is 1.80. The molecule has 0 heterocycles. The number of hydrogen-bond acceptors (Lipinski definition) is 2. The quantitative estimate of drug-likeness (QED) is 0.822. The van der Waals surface area contributed by atoms with E-state index in [-0.39, 0.29) is 11.4 Å². The molecule has 17 heavy (non-hydrogen) atoms. The molecule has 0 aromatic heterocycles. The van der Waals surface area contributed by atoms with Gasteiger partial charge in [-0.2, -0.15) is 0 Å². The van der Waals surface area contributed by atoms with Crippen molar-refractivity contribution in [3.63, 3.8) is 0 Å². The van der Waals surface area contributed by atoms with Crippen LogP contribution in [0.2, 0.25) is 0 Å². The number of amides is 1. The lowest BCUT2D eigenvalue weighted by molar-refractivity contribution is -0.124. The van der Waals surface area contributed by atoms with Gasteiger partial charge in [0.15, 0.2) is 0 Å². The molecule has 3 heteroatoms. The van der Waals surface area contributed by atoms with E-state index in [2.05, 4.69) is 19.2 Å². The summed E-state index contributed by atoms with van der Waals surface area (Å²) in [6.45, 7) is 6.18. The van der Waals surface area contributed by atoms with Crippen molar-refractivity contribution in [1.29, 1.82) is 0 Å². The molecule has 3 N–H and O–H groups in total. The summed E-state index contributed by atoms with van der Waals surface area (Å²) < 4.78 is 0. The van der Waals surface area contributed by atoms with Crippen molar-refractivity contribution in [2.75, 3.05) is 0 Å². The maximum Gasteiger partial charge on any atom is 0.241 e. The number of carbonyl (C=O) groups is 1. The minimum atomic E-state index is -0.589. The highest BCUT2D eigenvalue weighted by atomic mass is 16.2. The van der Waals surface area contributed by atoms with Gasteiger partial charge in [0.1, 0.15) is 6.04 Å². The Morgan fingerprint density at radius 3 is 2.29 bits per heavy atom. The first-order valence-corrected chi connectivity index (χ1v) is 6.15. The lowest BCUT2D eigenvalue weighted by atomic mass is 9.94. The average molecular weight is 234 g/mol. The van der Waals surface area contributed by atoms with Crippen LogP contribution in [0.3, 0.4) is 0 Å². The summed E-state index contributed by atoms with van der Waals surface area (Å²) >= 11 is 0. The first-order valence-electron chi connectivity index (χ1n) is 6.15. The Balaban J connectivity index is 2.71. The predicted octanol–water partition coefficient (Wildman–Crippen LogP) is 2.38. The third kappa shape index (κ3) is 3.56. The monoisotopic (exact) mass is 234 g/mol. The molecule has 0 fully saturated rings. The number of hydrogen-bond donors (Lipinski definition) is 2. The molecule has 1 unspecified atom stereocenters. The Kier molecular flexibility index (Phi) is 4.70. The van der Waals surface area contributed by atoms with E-state index in [0.29, 0.717) is 0 Å². The van der Waals surface area contributed by atoms with Gasteiger partial charge in [-0.15, -0.1) is 0 Å². The molecular formula is C14H22N2O. The van der Waals surface area contributed by atoms with Gasteiger partial charge in [-0.3, -0.25) is 4.79 Å². The molecule has 0 aliphatic rings. The Labute approximate surface area is 103 Å². The maximum atomic E-state index is 12.0. The van der Waals surface area contributed by atoms with Crippen LogP contribution in [0.25, 0.3) is 0 Å². The van der Waals surface area contributed by atoms with E-state index < -0.39 is 6.04 Å². The van der Waals surface area contributed by atoms with Crippen molar-refractivity contribution in [3.05, 3.63) is 35.9 Å². The van der Waals surface area contributed by atoms with Crippen LogP contribution < -0.4 is 11.1 Å². The highest BCUT2D eigenvalue weighted by Gasteiger charge is 2.25. The van der Waals surface area contributed by atoms with Crippen LogP contribution in [0, 0.1) is 0 Å². The van der Waals surface area contributed by atoms with Gasteiger partial charge in [-0.05, 0) is 25.3 Å². The van der Waals surface area contributed by atoms with Crippen molar-refractivity contribution < 1.29 is 4.79 Å². The van der Waals surface area contributed by atoms with Gasteiger partial charge in [0.2, 0.25) is 5.91 Å². The van der Waals surface area contributed by atoms with Crippen LogP contribution >= 0.6 is 0 Å². The molecule has 0 radical (unpaired) electrons. The van der Waals surface area contributed by atoms with Crippen LogP contribution in [0.4, 0.5) is 0 Å². The highest BCUT2D eigenvalue weighted by molar-refractivity contribution is 5.83. The van der Waals surface area contributed by atoms with E-state index in [1.807, 2.05) is 37.3 Å². The summed E-state index contributed by atoms with van der Waals surface area (Å²) in [7, 11) is 0. The fourth-order valence-corrected chi connectivity index (χ4v) is 1.61. The second-order valence-corrected chi connectivity index (χ2v) is 4.65. The number of rotatable bonds is 5. The molecule has 1 aromatic carbocycles. The van der Waals surface area contributed by atoms with E-state index in [1.54, 1.807) is 0 Å². The Hall–Kier alpha value is -1.35. The molecule has 0 aliphatic heterocycles. The molecule has 1 rings (SSSR count). The van der Waals surface area contributed by atoms with Crippen LogP contribution in [0.5, 0.6) is 0 Å². The van der Waals surface area contributed by atoms with E-state index in [0.717, 1.165) is 18.4 Å². The van der Waals surface area contributed by atoms with Crippen LogP contribution in [-0.2, 0) is 4.79 Å². The standard InChI is InChI=1S/C14H22N2O/c1-4-14(3,5-2)16-13(17)12(15)11-9-7-6-8-10-11/h6-10,12H,4-5,15H2,1-3H3,(H,16,17). The molecule has 1 amide bonds. The first kappa shape index (κ1) is 13.7. The Bertz CT molecular complexity index is 358. The molecule has 0 saturated heterocycles. The van der Waals surface area contributed by atoms with Gasteiger partial charge in [0.25, 0.3) is 0 Å². The minimum absolute atomic E-state index is 0.109. The number of nitrogens with two attached hydrogens (primary N) is 1. The largest absolute Gasteiger partial charge is 0.349 e. The van der Waals surface area contributed by atoms with Gasteiger partial charge < -0.3 is 11.1 Å². The number of benzene rings is 1. The van der Waals surface area contributed by atoms with Gasteiger partial charge in [0.05, 0.1) is 0 Å². The second kappa shape index (κ2) is 5.82. The zero-order chi connectivity index (χ0) is 12.9. The van der Waals surface area contributed by atoms with Gasteiger partial charge >= 0.3 is 0 Å². The Morgan fingerprint density at radius 1 is 1.29 bits per heavy atom. The zero-order valence-corrected chi connectivity index (χ0v) is 10.9. The molecule has 94 valence electrons. The van der Waals surface area contributed by atoms with Gasteiger partial charge in [-0.25, -0.2) is 0 Å². The van der Waals surface area contributed by atoms with Crippen LogP contribution in [0.15, 0.2) is 30.3 Å². The van der Waals surface area contributed by atoms with Crippen molar-refractivity contribution in [1.82, 2.24) is 5.32 Å². The normalized spacial score (nSPS) is 13.2. The maximum absolute atomic E-state index is 12.0. The van der Waals surface area contributed by atoms with E-state index in [4.69, 9.17) is 5.73 Å². The fourth-order valence-electron chi connectivity index (χ4n) is 1.61. The third-order valence-electron chi connectivity index (χ3n) is 3.43. The summed E-state index contributed by atoms with van der Waals surface area (Å²) in [5, 5.41) is 3.03. The number of nitrogens with one attached hydrogen (secondary N) is 1. The lowest BCUT2D eigenvalue weighted by Gasteiger charge is -2.29. The fraction of sp³-hybridized carbons (Fsp3) is 0.500. The summed E-state index contributed by atoms with van der Waals surface area (Å²) in [5.41, 5.74) is 6.63. The molecule has 1 atom stereocenters. The molecule has 0 bridgehead atoms. The average Bonchev–Trinajstić information content (AvgIpc) is 2.38. The first-order chi connectivity index (χ1) is 8.02. The van der Waals surface area contributed by atoms with Crippen molar-refractivity contribution in [2.45, 2.75) is 45.2 Å². The lowest BCUT2D eigenvalue weighted by Crippen LogP contribution is -2.48. The van der Waals surface area contributed by atoms with Crippen LogP contribution in [-0.4, -0.2) is 11.4 Å². The van der Waals surface area contributed by atoms with Crippen molar-refractivity contribution in [2.24, 2.45) is 5.73 Å². The third-order valence-corrected chi connectivity index (χ3v) is 3.43. The van der Waals surface area contributed by atoms with E-state index in [1.165, 1.54) is 0 Å². The molecule has 0 saturated carbocycles. The summed E-state index contributed by atoms with van der Waals surface area (Å²) in [6, 6.07) is 8.85. The van der Waals surface area contributed by atoms with E-state index >= 15 is 0 Å². The second-order valence-electron chi connectivity index (χ2n) is 4.65. The van der Waals surface area contributed by atoms with Crippen LogP contribution in [0.1, 0.15) is 45.2 Å². The zero-order valence-electron chi connectivity index (χ0n) is 10.9. The molecular weight excluding hydrogens is 212 g/mol. The summed E-state index contributed by atoms with van der Waals surface area (Å²) in [4.78, 5) is 12.0. The Morgan fingerprint density at radius 2 is 1.82 bits per heavy atom. The van der Waals surface area contributed by atoms with Gasteiger partial charge in [0, 0.05) is 5.54 Å². The highest BCUT2D eigenvalue weighted by Crippen LogP contribution is 2.16. The van der Waals surface area contributed by atoms with Crippen molar-refractivity contribution in [3.8, 4) is 0 Å². The molecule has 0 aliphatic carbocycles. The minimum Gasteiger partial charge on any atom is -0.349 e. The SMILES string of the molecule is CCC(C)(CC)NC(=O)C(N)c1ccccc1. The molecule has 0 spiro atoms.